The Labute approximate surface area is 231 Å². The predicted molar refractivity (Wildman–Crippen MR) is 143 cm³/mol. The number of nitrogens with one attached hydrogen (secondary N) is 1. The second kappa shape index (κ2) is 12.1. The molecule has 1 unspecified atom stereocenters. The second-order valence-electron chi connectivity index (χ2n) is 9.86. The molecule has 2 aromatic carbocycles. The number of amides is 2. The summed E-state index contributed by atoms with van der Waals surface area (Å²) in [7, 11) is 1.58. The molecule has 10 nitrogen and oxygen atoms in total. The van der Waals surface area contributed by atoms with Gasteiger partial charge in [-0.15, -0.1) is 10.2 Å². The zero-order valence-electron chi connectivity index (χ0n) is 22.4. The SMILES string of the molecule is COc1ccc(-c2nnn(CC(=O)N(Cc3ccc(F)cc3)C(C(=O)NC3CCCC3)c3ccc(C)o3)n2)cc1. The summed E-state index contributed by atoms with van der Waals surface area (Å²) in [4.78, 5) is 30.2. The molecule has 0 spiro atoms. The van der Waals surface area contributed by atoms with Crippen molar-refractivity contribution in [3.8, 4) is 17.1 Å². The van der Waals surface area contributed by atoms with Crippen LogP contribution in [-0.4, -0.2) is 50.1 Å². The molecule has 0 bridgehead atoms. The number of hydrogen-bond donors (Lipinski definition) is 1. The van der Waals surface area contributed by atoms with E-state index in [0.717, 1.165) is 25.7 Å². The minimum Gasteiger partial charge on any atom is -0.497 e. The topological polar surface area (TPSA) is 115 Å². The van der Waals surface area contributed by atoms with Gasteiger partial charge >= 0.3 is 0 Å². The number of furan rings is 1. The minimum atomic E-state index is -1.04. The van der Waals surface area contributed by atoms with Crippen molar-refractivity contribution in [3.05, 3.63) is 83.6 Å². The van der Waals surface area contributed by atoms with Crippen LogP contribution in [0, 0.1) is 12.7 Å². The van der Waals surface area contributed by atoms with Crippen LogP contribution in [0.2, 0.25) is 0 Å². The number of tetrazole rings is 1. The Hall–Kier alpha value is -4.54. The highest BCUT2D eigenvalue weighted by atomic mass is 19.1. The van der Waals surface area contributed by atoms with E-state index >= 15 is 0 Å². The molecule has 4 aromatic rings. The molecule has 1 aliphatic rings. The Bertz CT molecular complexity index is 1440. The first kappa shape index (κ1) is 27.0. The van der Waals surface area contributed by atoms with Crippen molar-refractivity contribution in [2.24, 2.45) is 0 Å². The van der Waals surface area contributed by atoms with Crippen molar-refractivity contribution in [2.45, 2.75) is 57.8 Å². The summed E-state index contributed by atoms with van der Waals surface area (Å²) in [5, 5.41) is 15.6. The fourth-order valence-corrected chi connectivity index (χ4v) is 4.86. The third-order valence-corrected chi connectivity index (χ3v) is 6.96. The quantitative estimate of drug-likeness (QED) is 0.317. The van der Waals surface area contributed by atoms with Gasteiger partial charge in [0.25, 0.3) is 5.91 Å². The Morgan fingerprint density at radius 1 is 1.10 bits per heavy atom. The summed E-state index contributed by atoms with van der Waals surface area (Å²) in [5.41, 5.74) is 1.37. The lowest BCUT2D eigenvalue weighted by Gasteiger charge is -2.30. The molecule has 1 saturated carbocycles. The van der Waals surface area contributed by atoms with Gasteiger partial charge in [0.2, 0.25) is 11.7 Å². The van der Waals surface area contributed by atoms with Gasteiger partial charge in [-0.25, -0.2) is 4.39 Å². The highest BCUT2D eigenvalue weighted by Gasteiger charge is 2.35. The minimum absolute atomic E-state index is 0.0397. The van der Waals surface area contributed by atoms with Gasteiger partial charge in [0, 0.05) is 18.2 Å². The number of aromatic nitrogens is 4. The lowest BCUT2D eigenvalue weighted by Crippen LogP contribution is -2.46. The van der Waals surface area contributed by atoms with E-state index in [1.165, 1.54) is 21.8 Å². The van der Waals surface area contributed by atoms with E-state index in [1.807, 2.05) is 0 Å². The fourth-order valence-electron chi connectivity index (χ4n) is 4.86. The Morgan fingerprint density at radius 3 is 2.48 bits per heavy atom. The summed E-state index contributed by atoms with van der Waals surface area (Å²) in [5.74, 6) is 0.844. The van der Waals surface area contributed by atoms with E-state index < -0.39 is 17.8 Å². The van der Waals surface area contributed by atoms with E-state index in [-0.39, 0.29) is 25.0 Å². The van der Waals surface area contributed by atoms with Crippen LogP contribution in [0.15, 0.2) is 65.1 Å². The molecule has 2 heterocycles. The maximum absolute atomic E-state index is 13.9. The molecule has 0 radical (unpaired) electrons. The van der Waals surface area contributed by atoms with E-state index in [0.29, 0.717) is 34.2 Å². The number of ether oxygens (including phenoxy) is 1. The van der Waals surface area contributed by atoms with Crippen molar-refractivity contribution >= 4 is 11.8 Å². The lowest BCUT2D eigenvalue weighted by molar-refractivity contribution is -0.143. The first-order chi connectivity index (χ1) is 19.4. The average molecular weight is 547 g/mol. The summed E-state index contributed by atoms with van der Waals surface area (Å²) in [6, 6.07) is 15.4. The van der Waals surface area contributed by atoms with Gasteiger partial charge in [-0.05, 0) is 79.1 Å². The van der Waals surface area contributed by atoms with E-state index in [1.54, 1.807) is 62.6 Å². The molecular weight excluding hydrogens is 515 g/mol. The van der Waals surface area contributed by atoms with Crippen molar-refractivity contribution in [1.82, 2.24) is 30.4 Å². The second-order valence-corrected chi connectivity index (χ2v) is 9.86. The van der Waals surface area contributed by atoms with Crippen LogP contribution in [0.5, 0.6) is 5.75 Å². The van der Waals surface area contributed by atoms with Crippen molar-refractivity contribution in [2.75, 3.05) is 7.11 Å². The zero-order chi connectivity index (χ0) is 28.1. The Balaban J connectivity index is 1.44. The summed E-state index contributed by atoms with van der Waals surface area (Å²) >= 11 is 0. The molecule has 2 aromatic heterocycles. The van der Waals surface area contributed by atoms with Crippen molar-refractivity contribution in [1.29, 1.82) is 0 Å². The first-order valence-electron chi connectivity index (χ1n) is 13.2. The highest BCUT2D eigenvalue weighted by molar-refractivity contribution is 5.88. The number of carbonyl (C=O) groups is 2. The molecule has 1 fully saturated rings. The number of benzene rings is 2. The number of hydrogen-bond acceptors (Lipinski definition) is 7. The first-order valence-corrected chi connectivity index (χ1v) is 13.2. The molecule has 0 saturated heterocycles. The van der Waals surface area contributed by atoms with Crippen LogP contribution in [0.1, 0.15) is 48.8 Å². The van der Waals surface area contributed by atoms with Gasteiger partial charge in [-0.3, -0.25) is 9.59 Å². The molecule has 208 valence electrons. The molecule has 5 rings (SSSR count). The highest BCUT2D eigenvalue weighted by Crippen LogP contribution is 2.28. The lowest BCUT2D eigenvalue weighted by atomic mass is 10.1. The molecule has 1 atom stereocenters. The van der Waals surface area contributed by atoms with E-state index in [4.69, 9.17) is 9.15 Å². The number of carbonyl (C=O) groups excluding carboxylic acids is 2. The predicted octanol–water partition coefficient (Wildman–Crippen LogP) is 4.22. The van der Waals surface area contributed by atoms with E-state index in [9.17, 15) is 14.0 Å². The Kier molecular flexibility index (Phi) is 8.18. The summed E-state index contributed by atoms with van der Waals surface area (Å²) in [6.07, 6.45) is 3.86. The smallest absolute Gasteiger partial charge is 0.250 e. The maximum atomic E-state index is 13.9. The number of aryl methyl sites for hydroxylation is 1. The van der Waals surface area contributed by atoms with Crippen LogP contribution in [0.3, 0.4) is 0 Å². The molecule has 11 heteroatoms. The van der Waals surface area contributed by atoms with Gasteiger partial charge in [0.15, 0.2) is 6.04 Å². The fraction of sp³-hybridized carbons (Fsp3) is 0.345. The maximum Gasteiger partial charge on any atom is 0.250 e. The largest absolute Gasteiger partial charge is 0.497 e. The van der Waals surface area contributed by atoms with Gasteiger partial charge in [0.1, 0.15) is 29.6 Å². The third-order valence-electron chi connectivity index (χ3n) is 6.96. The molecule has 1 N–H and O–H groups in total. The number of nitrogens with zero attached hydrogens (tertiary/aromatic N) is 5. The summed E-state index contributed by atoms with van der Waals surface area (Å²) < 4.78 is 24.7. The molecule has 40 heavy (non-hydrogen) atoms. The van der Waals surface area contributed by atoms with E-state index in [2.05, 4.69) is 20.7 Å². The normalized spacial score (nSPS) is 14.2. The molecule has 2 amide bonds. The number of rotatable bonds is 10. The van der Waals surface area contributed by atoms with Crippen LogP contribution in [0.4, 0.5) is 4.39 Å². The molecule has 1 aliphatic carbocycles. The zero-order valence-corrected chi connectivity index (χ0v) is 22.4. The van der Waals surface area contributed by atoms with Gasteiger partial charge in [-0.1, -0.05) is 25.0 Å². The molecule has 0 aliphatic heterocycles. The van der Waals surface area contributed by atoms with Crippen LogP contribution in [0.25, 0.3) is 11.4 Å². The number of methoxy groups -OCH3 is 1. The van der Waals surface area contributed by atoms with Gasteiger partial charge in [0.05, 0.1) is 7.11 Å². The van der Waals surface area contributed by atoms with Crippen LogP contribution >= 0.6 is 0 Å². The summed E-state index contributed by atoms with van der Waals surface area (Å²) in [6.45, 7) is 1.56. The van der Waals surface area contributed by atoms with Gasteiger partial charge in [-0.2, -0.15) is 4.80 Å². The van der Waals surface area contributed by atoms with Crippen LogP contribution in [-0.2, 0) is 22.7 Å². The van der Waals surface area contributed by atoms with Crippen molar-refractivity contribution < 1.29 is 23.1 Å². The standard InChI is InChI=1S/C29H31FN6O4/c1-19-7-16-25(40-19)27(29(38)31-23-5-3-4-6-23)35(17-20-8-12-22(30)13-9-20)26(37)18-36-33-28(32-34-36)21-10-14-24(39-2)15-11-21/h7-16,23,27H,3-6,17-18H2,1-2H3,(H,31,38). The Morgan fingerprint density at radius 2 is 1.82 bits per heavy atom. The monoisotopic (exact) mass is 546 g/mol. The van der Waals surface area contributed by atoms with Crippen LogP contribution < -0.4 is 10.1 Å². The molecular formula is C29H31FN6O4. The van der Waals surface area contributed by atoms with Gasteiger partial charge < -0.3 is 19.4 Å². The average Bonchev–Trinajstić information content (AvgIpc) is 3.73. The van der Waals surface area contributed by atoms with Crippen molar-refractivity contribution in [3.63, 3.8) is 0 Å². The third kappa shape index (κ3) is 6.36. The number of halogens is 1.